The maximum Gasteiger partial charge on any atom is 0.335 e. The number of nitrogens with two attached hydrogens (primary N) is 1. The van der Waals surface area contributed by atoms with E-state index in [0.29, 0.717) is 5.56 Å². The van der Waals surface area contributed by atoms with Crippen LogP contribution >= 0.6 is 7.60 Å². The first-order valence-corrected chi connectivity index (χ1v) is 13.3. The molecule has 0 radical (unpaired) electrons. The van der Waals surface area contributed by atoms with Crippen molar-refractivity contribution in [3.05, 3.63) is 95.1 Å². The normalized spacial score (nSPS) is 13.7. The Hall–Kier alpha value is -3.25. The van der Waals surface area contributed by atoms with Gasteiger partial charge in [0.25, 0.3) is 5.91 Å². The Balaban J connectivity index is 1.56. The average molecular weight is 493 g/mol. The van der Waals surface area contributed by atoms with Gasteiger partial charge in [0, 0.05) is 11.5 Å². The van der Waals surface area contributed by atoms with Crippen molar-refractivity contribution < 1.29 is 23.2 Å². The summed E-state index contributed by atoms with van der Waals surface area (Å²) >= 11 is 0. The zero-order chi connectivity index (χ0) is 25.0. The quantitative estimate of drug-likeness (QED) is 0.394. The Bertz CT molecular complexity index is 1220. The number of amides is 2. The van der Waals surface area contributed by atoms with E-state index in [4.69, 9.17) is 14.8 Å². The second kappa shape index (κ2) is 10.6. The third kappa shape index (κ3) is 5.22. The van der Waals surface area contributed by atoms with Gasteiger partial charge in [-0.2, -0.15) is 0 Å². The van der Waals surface area contributed by atoms with E-state index in [-0.39, 0.29) is 25.3 Å². The van der Waals surface area contributed by atoms with E-state index in [1.54, 1.807) is 38.1 Å². The Morgan fingerprint density at radius 3 is 1.89 bits per heavy atom. The minimum atomic E-state index is -3.25. The van der Waals surface area contributed by atoms with Gasteiger partial charge in [0.05, 0.1) is 19.4 Å². The standard InChI is InChI=1S/C27H29N2O5P/c1-3-33-35(32,34-4-2)17-18-13-15-19(16-14-18)27(31)29-25(26(28)30)24-22-11-7-5-9-20(22)21-10-6-8-12-23(21)24/h5-16,24-25H,3-4,17H2,1-2H3,(H2,28,30)(H,29,31)/t25-/m0/s1. The van der Waals surface area contributed by atoms with E-state index in [0.717, 1.165) is 27.8 Å². The number of benzene rings is 3. The summed E-state index contributed by atoms with van der Waals surface area (Å²) in [5.41, 5.74) is 10.9. The van der Waals surface area contributed by atoms with Crippen molar-refractivity contribution in [2.24, 2.45) is 5.73 Å². The molecule has 0 fully saturated rings. The Labute approximate surface area is 205 Å². The van der Waals surface area contributed by atoms with E-state index in [1.165, 1.54) is 0 Å². The lowest BCUT2D eigenvalue weighted by atomic mass is 9.88. The predicted molar refractivity (Wildman–Crippen MR) is 135 cm³/mol. The third-order valence-corrected chi connectivity index (χ3v) is 8.11. The van der Waals surface area contributed by atoms with Gasteiger partial charge in [-0.05, 0) is 53.8 Å². The molecule has 3 aromatic rings. The summed E-state index contributed by atoms with van der Waals surface area (Å²) in [6.07, 6.45) is 0.107. The first-order valence-electron chi connectivity index (χ1n) is 11.6. The summed E-state index contributed by atoms with van der Waals surface area (Å²) in [7, 11) is -3.25. The van der Waals surface area contributed by atoms with Crippen molar-refractivity contribution in [1.29, 1.82) is 0 Å². The number of primary amides is 1. The summed E-state index contributed by atoms with van der Waals surface area (Å²) in [5.74, 6) is -1.41. The van der Waals surface area contributed by atoms with Gasteiger partial charge in [-0.15, -0.1) is 0 Å². The highest BCUT2D eigenvalue weighted by Gasteiger charge is 2.38. The molecule has 0 saturated heterocycles. The SMILES string of the molecule is CCOP(=O)(Cc1ccc(C(=O)N[C@H](C(N)=O)C2c3ccccc3-c3ccccc32)cc1)OCC. The lowest BCUT2D eigenvalue weighted by Gasteiger charge is -2.24. The highest BCUT2D eigenvalue weighted by Crippen LogP contribution is 2.51. The molecule has 0 aliphatic heterocycles. The largest absolute Gasteiger partial charge is 0.368 e. The topological polar surface area (TPSA) is 108 Å². The molecule has 0 heterocycles. The molecule has 1 atom stereocenters. The van der Waals surface area contributed by atoms with Crippen LogP contribution in [-0.4, -0.2) is 31.1 Å². The summed E-state index contributed by atoms with van der Waals surface area (Å²) in [5, 5.41) is 2.85. The van der Waals surface area contributed by atoms with Gasteiger partial charge in [0.1, 0.15) is 6.04 Å². The third-order valence-electron chi connectivity index (χ3n) is 6.05. The first kappa shape index (κ1) is 24.9. The number of hydrogen-bond acceptors (Lipinski definition) is 5. The van der Waals surface area contributed by atoms with Crippen LogP contribution in [0.3, 0.4) is 0 Å². The van der Waals surface area contributed by atoms with Crippen molar-refractivity contribution >= 4 is 19.4 Å². The molecule has 8 heteroatoms. The molecule has 35 heavy (non-hydrogen) atoms. The minimum absolute atomic E-state index is 0.107. The summed E-state index contributed by atoms with van der Waals surface area (Å²) < 4.78 is 23.5. The van der Waals surface area contributed by atoms with Crippen LogP contribution in [0.15, 0.2) is 72.8 Å². The van der Waals surface area contributed by atoms with Crippen molar-refractivity contribution in [1.82, 2.24) is 5.32 Å². The van der Waals surface area contributed by atoms with Crippen LogP contribution in [0.4, 0.5) is 0 Å². The van der Waals surface area contributed by atoms with Gasteiger partial charge in [-0.25, -0.2) is 0 Å². The monoisotopic (exact) mass is 492 g/mol. The minimum Gasteiger partial charge on any atom is -0.368 e. The molecule has 1 aliphatic carbocycles. The molecule has 0 bridgehead atoms. The number of carbonyl (C=O) groups is 2. The van der Waals surface area contributed by atoms with Gasteiger partial charge < -0.3 is 20.1 Å². The maximum absolute atomic E-state index is 13.1. The highest BCUT2D eigenvalue weighted by molar-refractivity contribution is 7.53. The Kier molecular flexibility index (Phi) is 7.51. The zero-order valence-corrected chi connectivity index (χ0v) is 20.7. The molecule has 2 amide bonds. The van der Waals surface area contributed by atoms with E-state index >= 15 is 0 Å². The van der Waals surface area contributed by atoms with E-state index in [2.05, 4.69) is 5.32 Å². The Morgan fingerprint density at radius 1 is 0.886 bits per heavy atom. The van der Waals surface area contributed by atoms with E-state index in [1.807, 2.05) is 48.5 Å². The van der Waals surface area contributed by atoms with Crippen LogP contribution in [0.25, 0.3) is 11.1 Å². The van der Waals surface area contributed by atoms with Gasteiger partial charge in [0.15, 0.2) is 0 Å². The summed E-state index contributed by atoms with van der Waals surface area (Å²) in [6, 6.07) is 21.4. The number of rotatable bonds is 10. The van der Waals surface area contributed by atoms with Crippen LogP contribution < -0.4 is 11.1 Å². The van der Waals surface area contributed by atoms with Gasteiger partial charge in [0.2, 0.25) is 5.91 Å². The molecule has 1 aliphatic rings. The molecule has 4 rings (SSSR count). The molecule has 7 nitrogen and oxygen atoms in total. The summed E-state index contributed by atoms with van der Waals surface area (Å²) in [6.45, 7) is 4.07. The number of fused-ring (bicyclic) bond motifs is 3. The van der Waals surface area contributed by atoms with Crippen molar-refractivity contribution in [2.45, 2.75) is 32.0 Å². The first-order chi connectivity index (χ1) is 16.9. The van der Waals surface area contributed by atoms with Gasteiger partial charge in [-0.3, -0.25) is 14.2 Å². The van der Waals surface area contributed by atoms with Crippen LogP contribution in [0.2, 0.25) is 0 Å². The van der Waals surface area contributed by atoms with E-state index in [9.17, 15) is 14.2 Å². The van der Waals surface area contributed by atoms with Gasteiger partial charge >= 0.3 is 7.60 Å². The van der Waals surface area contributed by atoms with Crippen molar-refractivity contribution in [3.8, 4) is 11.1 Å². The zero-order valence-electron chi connectivity index (χ0n) is 19.8. The smallest absolute Gasteiger partial charge is 0.335 e. The number of nitrogens with one attached hydrogen (secondary N) is 1. The summed E-state index contributed by atoms with van der Waals surface area (Å²) in [4.78, 5) is 25.7. The van der Waals surface area contributed by atoms with Crippen molar-refractivity contribution in [2.75, 3.05) is 13.2 Å². The second-order valence-electron chi connectivity index (χ2n) is 8.31. The fourth-order valence-corrected chi connectivity index (χ4v) is 6.31. The highest BCUT2D eigenvalue weighted by atomic mass is 31.2. The van der Waals surface area contributed by atoms with Gasteiger partial charge in [-0.1, -0.05) is 60.7 Å². The lowest BCUT2D eigenvalue weighted by molar-refractivity contribution is -0.120. The molecule has 3 N–H and O–H groups in total. The Morgan fingerprint density at radius 2 is 1.40 bits per heavy atom. The molecule has 0 saturated carbocycles. The molecular weight excluding hydrogens is 463 g/mol. The maximum atomic E-state index is 13.1. The molecule has 0 unspecified atom stereocenters. The van der Waals surface area contributed by atoms with Crippen molar-refractivity contribution in [3.63, 3.8) is 0 Å². The van der Waals surface area contributed by atoms with Crippen LogP contribution in [0.5, 0.6) is 0 Å². The van der Waals surface area contributed by atoms with Crippen LogP contribution in [-0.2, 0) is 24.6 Å². The van der Waals surface area contributed by atoms with Crippen LogP contribution in [0.1, 0.15) is 46.8 Å². The number of hydrogen-bond donors (Lipinski definition) is 2. The molecule has 182 valence electrons. The van der Waals surface area contributed by atoms with E-state index < -0.39 is 25.5 Å². The molecule has 3 aromatic carbocycles. The number of carbonyl (C=O) groups excluding carboxylic acids is 2. The predicted octanol–water partition coefficient (Wildman–Crippen LogP) is 4.85. The fraction of sp³-hybridized carbons (Fsp3) is 0.259. The van der Waals surface area contributed by atoms with Crippen LogP contribution in [0, 0.1) is 0 Å². The fourth-order valence-electron chi connectivity index (χ4n) is 4.60. The average Bonchev–Trinajstić information content (AvgIpc) is 3.17. The second-order valence-corrected chi connectivity index (χ2v) is 10.4. The molecular formula is C27H29N2O5P. The molecule has 0 aromatic heterocycles. The molecule has 0 spiro atoms. The lowest BCUT2D eigenvalue weighted by Crippen LogP contribution is -2.48.